The van der Waals surface area contributed by atoms with Crippen LogP contribution in [0.3, 0.4) is 0 Å². The third kappa shape index (κ3) is 3.22. The number of hydrogen-bond acceptors (Lipinski definition) is 3. The zero-order valence-corrected chi connectivity index (χ0v) is 25.4. The summed E-state index contributed by atoms with van der Waals surface area (Å²) in [6.07, 6.45) is 3.60. The Morgan fingerprint density at radius 1 is 0.500 bits per heavy atom. The minimum Gasteiger partial charge on any atom is -0.479 e. The molecule has 0 bridgehead atoms. The normalized spacial score (nSPS) is 13.5. The summed E-state index contributed by atoms with van der Waals surface area (Å²) in [6.45, 7) is -0.0451. The molecule has 2 aliphatic rings. The molecule has 0 saturated heterocycles. The topological polar surface area (TPSA) is 31.2 Å². The van der Waals surface area contributed by atoms with Crippen molar-refractivity contribution in [3.8, 4) is 5.69 Å². The molecule has 0 fully saturated rings. The highest BCUT2D eigenvalue weighted by Gasteiger charge is 2.40. The smallest absolute Gasteiger partial charge is 0.291 e. The summed E-state index contributed by atoms with van der Waals surface area (Å²) in [5.41, 5.74) is 10.7. The summed E-state index contributed by atoms with van der Waals surface area (Å²) in [6, 6.07) is 46.5. The minimum atomic E-state index is -0.0506. The molecule has 9 aromatic rings. The molecule has 0 atom stereocenters. The third-order valence-electron chi connectivity index (χ3n) is 10.1. The van der Waals surface area contributed by atoms with E-state index >= 15 is 0 Å². The van der Waals surface area contributed by atoms with E-state index in [1.165, 1.54) is 80.7 Å². The van der Waals surface area contributed by atoms with Gasteiger partial charge in [0.25, 0.3) is 13.4 Å². The summed E-state index contributed by atoms with van der Waals surface area (Å²) >= 11 is 1.86. The summed E-state index contributed by atoms with van der Waals surface area (Å²) in [5, 5.41) is 7.66. The van der Waals surface area contributed by atoms with E-state index in [-0.39, 0.29) is 13.4 Å². The monoisotopic (exact) mass is 603 g/mol. The van der Waals surface area contributed by atoms with Gasteiger partial charge in [-0.1, -0.05) is 102 Å². The lowest BCUT2D eigenvalue weighted by atomic mass is 9.35. The molecule has 0 radical (unpaired) electrons. The van der Waals surface area contributed by atoms with Gasteiger partial charge in [-0.05, 0) is 80.4 Å². The number of hydrogen-bond donors (Lipinski definition) is 0. The van der Waals surface area contributed by atoms with E-state index in [1.807, 2.05) is 23.9 Å². The Kier molecular flexibility index (Phi) is 4.94. The highest BCUT2D eigenvalue weighted by Crippen LogP contribution is 2.41. The predicted octanol–water partition coefficient (Wildman–Crippen LogP) is 6.09. The number of furan rings is 2. The van der Waals surface area contributed by atoms with Gasteiger partial charge >= 0.3 is 0 Å². The van der Waals surface area contributed by atoms with Crippen molar-refractivity contribution in [1.82, 2.24) is 4.57 Å². The fourth-order valence-corrected chi connectivity index (χ4v) is 9.45. The summed E-state index contributed by atoms with van der Waals surface area (Å²) in [7, 11) is 0. The zero-order valence-electron chi connectivity index (χ0n) is 24.6. The average molecular weight is 603 g/mol. The molecular formula is C40H23B2NO2S. The molecule has 0 N–H and O–H groups in total. The van der Waals surface area contributed by atoms with Crippen LogP contribution in [0.15, 0.2) is 159 Å². The second-order valence-corrected chi connectivity index (χ2v) is 13.5. The van der Waals surface area contributed by atoms with Crippen LogP contribution in [0.1, 0.15) is 0 Å². The maximum Gasteiger partial charge on any atom is 0.291 e. The Hall–Kier alpha value is -5.32. The first-order valence-electron chi connectivity index (χ1n) is 15.7. The molecule has 46 heavy (non-hydrogen) atoms. The molecule has 212 valence electrons. The van der Waals surface area contributed by atoms with Gasteiger partial charge in [-0.2, -0.15) is 0 Å². The van der Waals surface area contributed by atoms with Gasteiger partial charge < -0.3 is 13.4 Å². The Morgan fingerprint density at radius 2 is 1.20 bits per heavy atom. The molecule has 2 aliphatic heterocycles. The maximum atomic E-state index is 6.28. The van der Waals surface area contributed by atoms with Crippen molar-refractivity contribution in [3.05, 3.63) is 140 Å². The van der Waals surface area contributed by atoms with Crippen LogP contribution in [0.4, 0.5) is 0 Å². The molecule has 6 heteroatoms. The van der Waals surface area contributed by atoms with Crippen LogP contribution in [0, 0.1) is 0 Å². The Bertz CT molecular complexity index is 2690. The lowest BCUT2D eigenvalue weighted by Gasteiger charge is -2.31. The molecular weight excluding hydrogens is 580 g/mol. The van der Waals surface area contributed by atoms with Gasteiger partial charge in [0, 0.05) is 26.3 Å². The van der Waals surface area contributed by atoms with Crippen LogP contribution in [0.25, 0.3) is 49.0 Å². The number of rotatable bonds is 2. The lowest BCUT2D eigenvalue weighted by molar-refractivity contribution is 0.600. The maximum absolute atomic E-state index is 6.28. The van der Waals surface area contributed by atoms with E-state index in [4.69, 9.17) is 8.83 Å². The molecule has 5 heterocycles. The molecule has 6 aromatic carbocycles. The van der Waals surface area contributed by atoms with Crippen molar-refractivity contribution >= 4 is 102 Å². The molecule has 0 aliphatic carbocycles. The number of nitrogens with zero attached hydrogens (tertiary/aromatic N) is 1. The van der Waals surface area contributed by atoms with E-state index in [9.17, 15) is 0 Å². The lowest BCUT2D eigenvalue weighted by Crippen LogP contribution is -2.59. The summed E-state index contributed by atoms with van der Waals surface area (Å²) < 4.78 is 15.0. The molecule has 0 saturated carbocycles. The van der Waals surface area contributed by atoms with Gasteiger partial charge in [-0.25, -0.2) is 0 Å². The van der Waals surface area contributed by atoms with Gasteiger partial charge in [-0.3, -0.25) is 0 Å². The van der Waals surface area contributed by atoms with Crippen molar-refractivity contribution in [1.29, 1.82) is 0 Å². The number of aromatic nitrogens is 1. The first kappa shape index (κ1) is 24.9. The number of fused-ring (bicyclic) bond motifs is 11. The first-order chi connectivity index (χ1) is 22.8. The van der Waals surface area contributed by atoms with Crippen LogP contribution in [0.5, 0.6) is 0 Å². The standard InChI is InChI=1S/C40H23B2NO2S/c1-3-11-26-24(9-1)17-18-32-38(26)39-27-12-4-2-10-25(27)21-31-40(39)43(32)33-22-30-35(23-29(33)42(31)37-16-8-20-45-37)46-34-14-6-5-13-28(34)41(30)36-15-7-19-44-36/h1-23H. The second kappa shape index (κ2) is 9.12. The molecule has 0 amide bonds. The largest absolute Gasteiger partial charge is 0.479 e. The van der Waals surface area contributed by atoms with Crippen molar-refractivity contribution in [2.45, 2.75) is 9.79 Å². The fraction of sp³-hybridized carbons (Fsp3) is 0. The molecule has 3 nitrogen and oxygen atoms in total. The fourth-order valence-electron chi connectivity index (χ4n) is 8.28. The van der Waals surface area contributed by atoms with E-state index in [2.05, 4.69) is 120 Å². The van der Waals surface area contributed by atoms with E-state index in [1.54, 1.807) is 12.5 Å². The van der Waals surface area contributed by atoms with Crippen LogP contribution < -0.4 is 33.2 Å². The zero-order chi connectivity index (χ0) is 29.9. The SMILES string of the molecule is c1coc(B2c3ccccc3Sc3cc4c(cc32)-n2c3ccc5ccccc5c3c3c5ccccc5cc(c32)B4c2ccco2)c1. The van der Waals surface area contributed by atoms with Gasteiger partial charge in [-0.15, -0.1) is 0 Å². The minimum absolute atomic E-state index is 0.00552. The highest BCUT2D eigenvalue weighted by atomic mass is 32.2. The Balaban J connectivity index is 1.34. The van der Waals surface area contributed by atoms with Crippen molar-refractivity contribution < 1.29 is 8.83 Å². The van der Waals surface area contributed by atoms with Gasteiger partial charge in [0.15, 0.2) is 0 Å². The summed E-state index contributed by atoms with van der Waals surface area (Å²) in [5.74, 6) is 0. The van der Waals surface area contributed by atoms with Crippen LogP contribution >= 0.6 is 11.8 Å². The van der Waals surface area contributed by atoms with E-state index < -0.39 is 0 Å². The summed E-state index contributed by atoms with van der Waals surface area (Å²) in [4.78, 5) is 2.53. The molecule has 11 rings (SSSR count). The van der Waals surface area contributed by atoms with Gasteiger partial charge in [0.05, 0.1) is 34.9 Å². The second-order valence-electron chi connectivity index (χ2n) is 12.4. The van der Waals surface area contributed by atoms with Crippen molar-refractivity contribution in [2.24, 2.45) is 0 Å². The molecule has 3 aromatic heterocycles. The Morgan fingerprint density at radius 3 is 1.98 bits per heavy atom. The number of benzene rings is 6. The van der Waals surface area contributed by atoms with Gasteiger partial charge in [0.1, 0.15) is 0 Å². The predicted molar refractivity (Wildman–Crippen MR) is 193 cm³/mol. The van der Waals surface area contributed by atoms with Crippen molar-refractivity contribution in [3.63, 3.8) is 0 Å². The van der Waals surface area contributed by atoms with Crippen molar-refractivity contribution in [2.75, 3.05) is 0 Å². The van der Waals surface area contributed by atoms with Crippen LogP contribution in [-0.4, -0.2) is 18.0 Å². The molecule has 0 spiro atoms. The van der Waals surface area contributed by atoms with Gasteiger partial charge in [0.2, 0.25) is 0 Å². The van der Waals surface area contributed by atoms with E-state index in [0.717, 1.165) is 11.3 Å². The first-order valence-corrected chi connectivity index (χ1v) is 16.5. The third-order valence-corrected chi connectivity index (χ3v) is 11.3. The van der Waals surface area contributed by atoms with Crippen LogP contribution in [-0.2, 0) is 0 Å². The average Bonchev–Trinajstić information content (AvgIpc) is 3.89. The molecule has 0 unspecified atom stereocenters. The van der Waals surface area contributed by atoms with Crippen LogP contribution in [0.2, 0.25) is 0 Å². The Labute approximate surface area is 269 Å². The van der Waals surface area contributed by atoms with E-state index in [0.29, 0.717) is 0 Å². The quantitative estimate of drug-likeness (QED) is 0.225. The highest BCUT2D eigenvalue weighted by molar-refractivity contribution is 8.00.